The molecular formula is C23H30N2O4S2. The molecule has 6 nitrogen and oxygen atoms in total. The molecule has 0 bridgehead atoms. The van der Waals surface area contributed by atoms with Crippen LogP contribution < -0.4 is 5.32 Å². The lowest BCUT2D eigenvalue weighted by molar-refractivity contribution is 0.234. The fourth-order valence-corrected chi connectivity index (χ4v) is 9.40. The van der Waals surface area contributed by atoms with Gasteiger partial charge in [-0.1, -0.05) is 48.0 Å². The SMILES string of the molecule is Cc1ccc(C(CN[C@H]2CS(=O)(=O)C[C@@H]2S(=O)(=O)c2ccccc2)N2CCCC2)cc1. The quantitative estimate of drug-likeness (QED) is 0.680. The van der Waals surface area contributed by atoms with Crippen LogP contribution in [0.3, 0.4) is 0 Å². The Labute approximate surface area is 185 Å². The summed E-state index contributed by atoms with van der Waals surface area (Å²) in [7, 11) is -7.18. The van der Waals surface area contributed by atoms with Crippen LogP contribution in [0.25, 0.3) is 0 Å². The number of aryl methyl sites for hydroxylation is 1. The molecule has 31 heavy (non-hydrogen) atoms. The first-order valence-corrected chi connectivity index (χ1v) is 14.2. The summed E-state index contributed by atoms with van der Waals surface area (Å²) in [5, 5.41) is 2.38. The standard InChI is InChI=1S/C23H30N2O4S2/c1-18-9-11-19(12-10-18)22(25-13-5-6-14-25)15-24-21-16-30(26,27)17-23(21)31(28,29)20-7-3-2-4-8-20/h2-4,7-12,21-24H,5-6,13-17H2,1H3/t21-,22?,23-/m0/s1. The molecule has 0 radical (unpaired) electrons. The van der Waals surface area contributed by atoms with Gasteiger partial charge in [0.05, 0.1) is 21.7 Å². The zero-order valence-electron chi connectivity index (χ0n) is 17.8. The maximum absolute atomic E-state index is 13.2. The van der Waals surface area contributed by atoms with Crippen molar-refractivity contribution in [1.29, 1.82) is 0 Å². The third-order valence-electron chi connectivity index (χ3n) is 6.39. The van der Waals surface area contributed by atoms with Crippen molar-refractivity contribution in [2.75, 3.05) is 31.1 Å². The van der Waals surface area contributed by atoms with E-state index in [1.807, 2.05) is 0 Å². The van der Waals surface area contributed by atoms with Crippen LogP contribution in [0, 0.1) is 6.92 Å². The van der Waals surface area contributed by atoms with E-state index in [2.05, 4.69) is 41.4 Å². The van der Waals surface area contributed by atoms with E-state index in [1.165, 1.54) is 23.3 Å². The molecule has 2 aliphatic rings. The first kappa shape index (κ1) is 22.5. The van der Waals surface area contributed by atoms with Crippen LogP contribution >= 0.6 is 0 Å². The highest BCUT2D eigenvalue weighted by atomic mass is 32.2. The molecule has 4 rings (SSSR count). The summed E-state index contributed by atoms with van der Waals surface area (Å²) in [6.07, 6.45) is 2.29. The van der Waals surface area contributed by atoms with Crippen molar-refractivity contribution in [3.05, 3.63) is 65.7 Å². The Balaban J connectivity index is 1.57. The summed E-state index contributed by atoms with van der Waals surface area (Å²) >= 11 is 0. The molecule has 2 saturated heterocycles. The number of hydrogen-bond acceptors (Lipinski definition) is 6. The third-order valence-corrected chi connectivity index (χ3v) is 10.6. The Bertz CT molecular complexity index is 1090. The molecule has 0 amide bonds. The molecule has 1 unspecified atom stereocenters. The second kappa shape index (κ2) is 9.02. The third kappa shape index (κ3) is 5.03. The van der Waals surface area contributed by atoms with E-state index in [0.29, 0.717) is 6.54 Å². The van der Waals surface area contributed by atoms with Crippen molar-refractivity contribution in [2.24, 2.45) is 0 Å². The normalized spacial score (nSPS) is 24.9. The Hall–Kier alpha value is -1.74. The van der Waals surface area contributed by atoms with Gasteiger partial charge in [0.2, 0.25) is 0 Å². The summed E-state index contributed by atoms with van der Waals surface area (Å²) in [6.45, 7) is 4.56. The summed E-state index contributed by atoms with van der Waals surface area (Å²) < 4.78 is 51.3. The molecule has 2 aliphatic heterocycles. The maximum Gasteiger partial charge on any atom is 0.183 e. The van der Waals surface area contributed by atoms with Gasteiger partial charge in [0.15, 0.2) is 19.7 Å². The van der Waals surface area contributed by atoms with Gasteiger partial charge in [0.25, 0.3) is 0 Å². The molecule has 8 heteroatoms. The first-order valence-electron chi connectivity index (χ1n) is 10.8. The fraction of sp³-hybridized carbons (Fsp3) is 0.478. The Kier molecular flexibility index (Phi) is 6.53. The number of rotatable bonds is 7. The van der Waals surface area contributed by atoms with E-state index in [0.717, 1.165) is 25.9 Å². The number of likely N-dealkylation sites (tertiary alicyclic amines) is 1. The fourth-order valence-electron chi connectivity index (χ4n) is 4.66. The van der Waals surface area contributed by atoms with Crippen LogP contribution in [-0.4, -0.2) is 64.2 Å². The Morgan fingerprint density at radius 2 is 1.65 bits per heavy atom. The maximum atomic E-state index is 13.2. The van der Waals surface area contributed by atoms with E-state index in [4.69, 9.17) is 0 Å². The van der Waals surface area contributed by atoms with E-state index in [-0.39, 0.29) is 22.4 Å². The lowest BCUT2D eigenvalue weighted by atomic mass is 10.0. The second-order valence-corrected chi connectivity index (χ2v) is 13.0. The van der Waals surface area contributed by atoms with Crippen molar-refractivity contribution in [1.82, 2.24) is 10.2 Å². The highest BCUT2D eigenvalue weighted by molar-refractivity contribution is 7.96. The topological polar surface area (TPSA) is 83.5 Å². The molecule has 2 aromatic carbocycles. The molecule has 0 aromatic heterocycles. The first-order chi connectivity index (χ1) is 14.8. The van der Waals surface area contributed by atoms with Crippen molar-refractivity contribution in [3.8, 4) is 0 Å². The summed E-state index contributed by atoms with van der Waals surface area (Å²) in [6, 6.07) is 16.0. The molecule has 0 aliphatic carbocycles. The number of sulfone groups is 2. The average Bonchev–Trinajstić information content (AvgIpc) is 3.38. The number of nitrogens with one attached hydrogen (secondary N) is 1. The molecule has 168 valence electrons. The lowest BCUT2D eigenvalue weighted by Crippen LogP contribution is -2.46. The van der Waals surface area contributed by atoms with Crippen molar-refractivity contribution in [2.45, 2.75) is 42.0 Å². The Morgan fingerprint density at radius 1 is 1.00 bits per heavy atom. The smallest absolute Gasteiger partial charge is 0.183 e. The minimum Gasteiger partial charge on any atom is -0.310 e. The predicted molar refractivity (Wildman–Crippen MR) is 123 cm³/mol. The molecule has 0 spiro atoms. The van der Waals surface area contributed by atoms with Crippen molar-refractivity contribution in [3.63, 3.8) is 0 Å². The van der Waals surface area contributed by atoms with Crippen molar-refractivity contribution < 1.29 is 16.8 Å². The van der Waals surface area contributed by atoms with Gasteiger partial charge in [-0.15, -0.1) is 0 Å². The van der Waals surface area contributed by atoms with E-state index in [9.17, 15) is 16.8 Å². The monoisotopic (exact) mass is 462 g/mol. The van der Waals surface area contributed by atoms with Crippen LogP contribution in [-0.2, 0) is 19.7 Å². The van der Waals surface area contributed by atoms with Crippen LogP contribution in [0.5, 0.6) is 0 Å². The highest BCUT2D eigenvalue weighted by Crippen LogP contribution is 2.28. The van der Waals surface area contributed by atoms with Gasteiger partial charge in [-0.25, -0.2) is 16.8 Å². The largest absolute Gasteiger partial charge is 0.310 e. The zero-order chi connectivity index (χ0) is 22.1. The average molecular weight is 463 g/mol. The second-order valence-electron chi connectivity index (χ2n) is 8.66. The van der Waals surface area contributed by atoms with Crippen LogP contribution in [0.2, 0.25) is 0 Å². The minimum atomic E-state index is -3.75. The minimum absolute atomic E-state index is 0.0893. The van der Waals surface area contributed by atoms with Gasteiger partial charge in [-0.05, 0) is 50.6 Å². The van der Waals surface area contributed by atoms with Crippen LogP contribution in [0.15, 0.2) is 59.5 Å². The predicted octanol–water partition coefficient (Wildman–Crippen LogP) is 2.36. The number of hydrogen-bond donors (Lipinski definition) is 1. The van der Waals surface area contributed by atoms with Crippen LogP contribution in [0.1, 0.15) is 30.0 Å². The molecule has 1 N–H and O–H groups in total. The molecular weight excluding hydrogens is 432 g/mol. The highest BCUT2D eigenvalue weighted by Gasteiger charge is 2.46. The van der Waals surface area contributed by atoms with E-state index >= 15 is 0 Å². The van der Waals surface area contributed by atoms with E-state index < -0.39 is 31.0 Å². The van der Waals surface area contributed by atoms with Gasteiger partial charge in [-0.3, -0.25) is 4.90 Å². The molecule has 0 saturated carbocycles. The van der Waals surface area contributed by atoms with Crippen LogP contribution in [0.4, 0.5) is 0 Å². The molecule has 3 atom stereocenters. The summed E-state index contributed by atoms with van der Waals surface area (Å²) in [5.74, 6) is -0.481. The molecule has 2 aromatic rings. The van der Waals surface area contributed by atoms with Gasteiger partial charge in [0, 0.05) is 18.6 Å². The molecule has 2 fully saturated rings. The number of benzene rings is 2. The van der Waals surface area contributed by atoms with Gasteiger partial charge in [0.1, 0.15) is 0 Å². The van der Waals surface area contributed by atoms with Gasteiger partial charge in [-0.2, -0.15) is 0 Å². The molecule has 2 heterocycles. The van der Waals surface area contributed by atoms with Gasteiger partial charge >= 0.3 is 0 Å². The summed E-state index contributed by atoms with van der Waals surface area (Å²) in [5.41, 5.74) is 2.36. The van der Waals surface area contributed by atoms with Gasteiger partial charge < -0.3 is 5.32 Å². The Morgan fingerprint density at radius 3 is 2.29 bits per heavy atom. The number of nitrogens with zero attached hydrogens (tertiary/aromatic N) is 1. The van der Waals surface area contributed by atoms with E-state index in [1.54, 1.807) is 18.2 Å². The van der Waals surface area contributed by atoms with Crippen molar-refractivity contribution >= 4 is 19.7 Å². The zero-order valence-corrected chi connectivity index (χ0v) is 19.4. The summed E-state index contributed by atoms with van der Waals surface area (Å²) in [4.78, 5) is 2.58. The lowest BCUT2D eigenvalue weighted by Gasteiger charge is -2.30.